The van der Waals surface area contributed by atoms with Crippen LogP contribution in [0.2, 0.25) is 0 Å². The van der Waals surface area contributed by atoms with Crippen molar-refractivity contribution in [3.8, 4) is 5.75 Å². The van der Waals surface area contributed by atoms with Crippen LogP contribution in [0.5, 0.6) is 5.75 Å². The zero-order valence-electron chi connectivity index (χ0n) is 17.3. The van der Waals surface area contributed by atoms with Crippen LogP contribution >= 0.6 is 0 Å². The lowest BCUT2D eigenvalue weighted by Gasteiger charge is -2.29. The maximum Gasteiger partial charge on any atom is 0.573 e. The number of benzene rings is 3. The van der Waals surface area contributed by atoms with Gasteiger partial charge in [0, 0.05) is 0 Å². The quantitative estimate of drug-likeness (QED) is 0.404. The van der Waals surface area contributed by atoms with Gasteiger partial charge in [-0.3, -0.25) is 14.4 Å². The van der Waals surface area contributed by atoms with Crippen molar-refractivity contribution in [2.45, 2.75) is 18.5 Å². The highest BCUT2D eigenvalue weighted by atomic mass is 19.4. The van der Waals surface area contributed by atoms with Crippen LogP contribution in [0.3, 0.4) is 0 Å². The Morgan fingerprint density at radius 1 is 0.824 bits per heavy atom. The lowest BCUT2D eigenvalue weighted by atomic mass is 9.90. The van der Waals surface area contributed by atoms with E-state index in [9.17, 15) is 27.2 Å². The highest BCUT2D eigenvalue weighted by Crippen LogP contribution is 2.48. The second-order valence-electron chi connectivity index (χ2n) is 7.74. The molecular weight excluding hydrogens is 456 g/mol. The number of alkyl halides is 3. The Morgan fingerprint density at radius 2 is 1.47 bits per heavy atom. The fraction of sp³-hybridized carbons (Fsp3) is 0.167. The second-order valence-corrected chi connectivity index (χ2v) is 7.74. The van der Waals surface area contributed by atoms with Crippen LogP contribution in [0.4, 0.5) is 28.9 Å². The summed E-state index contributed by atoms with van der Waals surface area (Å²) in [6.07, 6.45) is -6.09. The molecule has 3 aromatic carbocycles. The van der Waals surface area contributed by atoms with Crippen LogP contribution in [0.15, 0.2) is 78.9 Å². The summed E-state index contributed by atoms with van der Waals surface area (Å²) in [4.78, 5) is 33.3. The highest BCUT2D eigenvalue weighted by molar-refractivity contribution is 6.24. The fourth-order valence-electron chi connectivity index (χ4n) is 4.29. The largest absolute Gasteiger partial charge is 0.573 e. The molecule has 0 unspecified atom stereocenters. The zero-order chi connectivity index (χ0) is 24.0. The molecule has 0 radical (unpaired) electrons. The minimum absolute atomic E-state index is 0.186. The molecule has 0 spiro atoms. The molecule has 10 heteroatoms. The number of anilines is 2. The molecule has 0 aromatic heterocycles. The smallest absolute Gasteiger partial charge is 0.406 e. The molecule has 2 aliphatic heterocycles. The summed E-state index contributed by atoms with van der Waals surface area (Å²) < 4.78 is 56.0. The standard InChI is InChI=1S/C24H16F4N2O4/c25-17-8-4-5-9-18(17)29-22(31)19-20(14-10-12-16(13-11-14)33-24(26,27)28)30(34-21(19)23(29)32)15-6-2-1-3-7-15/h1-13,19-21H/t19-,20+,21+/m0/s1. The van der Waals surface area contributed by atoms with Gasteiger partial charge in [-0.1, -0.05) is 42.5 Å². The Labute approximate surface area is 190 Å². The first kappa shape index (κ1) is 21.9. The molecule has 2 fully saturated rings. The Morgan fingerprint density at radius 3 is 2.12 bits per heavy atom. The van der Waals surface area contributed by atoms with Crippen molar-refractivity contribution in [3.63, 3.8) is 0 Å². The third-order valence-electron chi connectivity index (χ3n) is 5.67. The van der Waals surface area contributed by atoms with E-state index in [1.54, 1.807) is 30.3 Å². The van der Waals surface area contributed by atoms with Gasteiger partial charge in [0.2, 0.25) is 5.91 Å². The molecule has 2 saturated heterocycles. The van der Waals surface area contributed by atoms with Gasteiger partial charge in [0.1, 0.15) is 17.5 Å². The van der Waals surface area contributed by atoms with Crippen LogP contribution in [-0.2, 0) is 14.4 Å². The predicted octanol–water partition coefficient (Wildman–Crippen LogP) is 4.78. The van der Waals surface area contributed by atoms with Crippen molar-refractivity contribution in [3.05, 3.63) is 90.2 Å². The van der Waals surface area contributed by atoms with Gasteiger partial charge in [-0.15, -0.1) is 13.2 Å². The van der Waals surface area contributed by atoms with Gasteiger partial charge < -0.3 is 4.74 Å². The number of amides is 2. The topological polar surface area (TPSA) is 59.1 Å². The summed E-state index contributed by atoms with van der Waals surface area (Å²) >= 11 is 0. The van der Waals surface area contributed by atoms with Crippen LogP contribution in [0.25, 0.3) is 0 Å². The maximum atomic E-state index is 14.4. The summed E-state index contributed by atoms with van der Waals surface area (Å²) in [7, 11) is 0. The van der Waals surface area contributed by atoms with Gasteiger partial charge in [0.15, 0.2) is 6.10 Å². The number of hydroxylamine groups is 1. The molecule has 3 aromatic rings. The number of imide groups is 1. The minimum Gasteiger partial charge on any atom is -0.406 e. The average molecular weight is 472 g/mol. The van der Waals surface area contributed by atoms with E-state index in [1.807, 2.05) is 0 Å². The number of rotatable bonds is 4. The number of halogens is 4. The molecule has 0 bridgehead atoms. The number of carbonyl (C=O) groups excluding carboxylic acids is 2. The van der Waals surface area contributed by atoms with E-state index in [2.05, 4.69) is 4.74 Å². The number of hydrogen-bond donors (Lipinski definition) is 0. The molecule has 34 heavy (non-hydrogen) atoms. The number of fused-ring (bicyclic) bond motifs is 1. The Bertz CT molecular complexity index is 1230. The number of para-hydroxylation sites is 2. The Balaban J connectivity index is 1.55. The van der Waals surface area contributed by atoms with Crippen molar-refractivity contribution >= 4 is 23.2 Å². The molecule has 2 amide bonds. The van der Waals surface area contributed by atoms with Crippen LogP contribution in [-0.4, -0.2) is 24.3 Å². The fourth-order valence-corrected chi connectivity index (χ4v) is 4.29. The van der Waals surface area contributed by atoms with E-state index in [1.165, 1.54) is 35.4 Å². The third-order valence-corrected chi connectivity index (χ3v) is 5.67. The molecular formula is C24H16F4N2O4. The highest BCUT2D eigenvalue weighted by Gasteiger charge is 2.60. The van der Waals surface area contributed by atoms with Crippen LogP contribution in [0, 0.1) is 11.7 Å². The van der Waals surface area contributed by atoms with Crippen molar-refractivity contribution in [1.29, 1.82) is 0 Å². The lowest BCUT2D eigenvalue weighted by Crippen LogP contribution is -2.37. The van der Waals surface area contributed by atoms with E-state index in [4.69, 9.17) is 4.84 Å². The van der Waals surface area contributed by atoms with Crippen molar-refractivity contribution < 1.29 is 36.7 Å². The van der Waals surface area contributed by atoms with E-state index >= 15 is 0 Å². The van der Waals surface area contributed by atoms with E-state index in [0.29, 0.717) is 11.3 Å². The molecule has 0 saturated carbocycles. The summed E-state index contributed by atoms with van der Waals surface area (Å²) in [6, 6.07) is 18.2. The maximum absolute atomic E-state index is 14.4. The predicted molar refractivity (Wildman–Crippen MR) is 112 cm³/mol. The van der Waals surface area contributed by atoms with E-state index in [0.717, 1.165) is 23.1 Å². The normalized spacial score (nSPS) is 22.3. The van der Waals surface area contributed by atoms with Crippen molar-refractivity contribution in [1.82, 2.24) is 0 Å². The average Bonchev–Trinajstić information content (AvgIpc) is 3.31. The van der Waals surface area contributed by atoms with Gasteiger partial charge in [-0.25, -0.2) is 14.4 Å². The summed E-state index contributed by atoms with van der Waals surface area (Å²) in [6.45, 7) is 0. The SMILES string of the molecule is O=C1[C@H]2[C@@H](c3ccc(OC(F)(F)F)cc3)N(c3ccccc3)O[C@H]2C(=O)N1c1ccccc1F. The van der Waals surface area contributed by atoms with Gasteiger partial charge in [0.05, 0.1) is 17.4 Å². The molecule has 0 aliphatic carbocycles. The molecule has 5 rings (SSSR count). The molecule has 2 heterocycles. The summed E-state index contributed by atoms with van der Waals surface area (Å²) in [5.41, 5.74) is 0.771. The van der Waals surface area contributed by atoms with E-state index < -0.39 is 47.8 Å². The van der Waals surface area contributed by atoms with E-state index in [-0.39, 0.29) is 5.69 Å². The number of nitrogens with zero attached hydrogens (tertiary/aromatic N) is 2. The van der Waals surface area contributed by atoms with Gasteiger partial charge in [-0.05, 0) is 42.0 Å². The van der Waals surface area contributed by atoms with Crippen molar-refractivity contribution in [2.75, 3.05) is 9.96 Å². The number of hydrogen-bond acceptors (Lipinski definition) is 5. The van der Waals surface area contributed by atoms with Crippen LogP contribution in [0.1, 0.15) is 11.6 Å². The molecule has 174 valence electrons. The first-order valence-electron chi connectivity index (χ1n) is 10.2. The molecule has 6 nitrogen and oxygen atoms in total. The van der Waals surface area contributed by atoms with Gasteiger partial charge in [0.25, 0.3) is 5.91 Å². The summed E-state index contributed by atoms with van der Waals surface area (Å²) in [5, 5.41) is 1.39. The Hall–Kier alpha value is -3.92. The molecule has 3 atom stereocenters. The molecule has 0 N–H and O–H groups in total. The first-order valence-corrected chi connectivity index (χ1v) is 10.2. The summed E-state index contributed by atoms with van der Waals surface area (Å²) in [5.74, 6) is -3.62. The second kappa shape index (κ2) is 8.14. The third kappa shape index (κ3) is 3.75. The minimum atomic E-state index is -4.85. The first-order chi connectivity index (χ1) is 16.2. The van der Waals surface area contributed by atoms with Crippen molar-refractivity contribution in [2.24, 2.45) is 5.92 Å². The Kier molecular flexibility index (Phi) is 5.24. The number of ether oxygens (including phenoxy) is 1. The lowest BCUT2D eigenvalue weighted by molar-refractivity contribution is -0.274. The van der Waals surface area contributed by atoms with Gasteiger partial charge >= 0.3 is 6.36 Å². The molecule has 2 aliphatic rings. The number of carbonyl (C=O) groups is 2. The van der Waals surface area contributed by atoms with Crippen LogP contribution < -0.4 is 14.7 Å². The zero-order valence-corrected chi connectivity index (χ0v) is 17.3. The monoisotopic (exact) mass is 472 g/mol. The van der Waals surface area contributed by atoms with Gasteiger partial charge in [-0.2, -0.15) is 0 Å².